The zero-order chi connectivity index (χ0) is 18.7. The lowest BCUT2D eigenvalue weighted by Gasteiger charge is -2.09. The minimum absolute atomic E-state index is 0.0643. The Hall–Kier alpha value is -3.10. The van der Waals surface area contributed by atoms with Gasteiger partial charge in [-0.15, -0.1) is 0 Å². The van der Waals surface area contributed by atoms with Gasteiger partial charge >= 0.3 is 6.03 Å². The Kier molecular flexibility index (Phi) is 5.06. The van der Waals surface area contributed by atoms with Crippen molar-refractivity contribution in [1.82, 2.24) is 20.4 Å². The Balaban J connectivity index is 1.76. The topological polar surface area (TPSA) is 107 Å². The van der Waals surface area contributed by atoms with Crippen molar-refractivity contribution in [2.45, 2.75) is 32.4 Å². The summed E-state index contributed by atoms with van der Waals surface area (Å²) in [5.74, 6) is 1.35. The second kappa shape index (κ2) is 7.42. The molecule has 1 aliphatic rings. The van der Waals surface area contributed by atoms with E-state index >= 15 is 0 Å². The molecule has 1 saturated heterocycles. The van der Waals surface area contributed by atoms with E-state index < -0.39 is 12.1 Å². The summed E-state index contributed by atoms with van der Waals surface area (Å²) in [4.78, 5) is 29.6. The predicted molar refractivity (Wildman–Crippen MR) is 90.6 cm³/mol. The summed E-state index contributed by atoms with van der Waals surface area (Å²) in [6.45, 7) is 1.89. The van der Waals surface area contributed by atoms with Crippen LogP contribution in [0.1, 0.15) is 25.7 Å². The number of benzene rings is 1. The lowest BCUT2D eigenvalue weighted by Crippen LogP contribution is -2.31. The Morgan fingerprint density at radius 3 is 2.69 bits per heavy atom. The number of carbonyl (C=O) groups is 2. The first-order valence-corrected chi connectivity index (χ1v) is 8.24. The van der Waals surface area contributed by atoms with Gasteiger partial charge in [0.1, 0.15) is 12.6 Å². The molecule has 1 fully saturated rings. The van der Waals surface area contributed by atoms with Crippen LogP contribution in [0.5, 0.6) is 11.5 Å². The molecule has 1 N–H and O–H groups in total. The number of ether oxygens (including phenoxy) is 2. The summed E-state index contributed by atoms with van der Waals surface area (Å²) in [5, 5.41) is 6.57. The molecule has 0 spiro atoms. The monoisotopic (exact) mass is 360 g/mol. The van der Waals surface area contributed by atoms with Gasteiger partial charge < -0.3 is 19.3 Å². The Morgan fingerprint density at radius 2 is 2.00 bits per heavy atom. The van der Waals surface area contributed by atoms with Gasteiger partial charge in [0.2, 0.25) is 11.7 Å². The summed E-state index contributed by atoms with van der Waals surface area (Å²) in [5.41, 5.74) is 0.665. The average Bonchev–Trinajstić information content (AvgIpc) is 3.22. The van der Waals surface area contributed by atoms with Crippen LogP contribution in [0.4, 0.5) is 4.79 Å². The molecule has 1 atom stereocenters. The summed E-state index contributed by atoms with van der Waals surface area (Å²) < 4.78 is 15.7. The third-order valence-electron chi connectivity index (χ3n) is 4.09. The largest absolute Gasteiger partial charge is 0.493 e. The fourth-order valence-electron chi connectivity index (χ4n) is 2.76. The maximum absolute atomic E-state index is 12.3. The van der Waals surface area contributed by atoms with Crippen LogP contribution in [0, 0.1) is 0 Å². The maximum Gasteiger partial charge on any atom is 0.325 e. The number of imide groups is 1. The second-order valence-electron chi connectivity index (χ2n) is 5.80. The van der Waals surface area contributed by atoms with Crippen LogP contribution in [0.15, 0.2) is 22.7 Å². The van der Waals surface area contributed by atoms with Gasteiger partial charge in [0.05, 0.1) is 14.2 Å². The molecular formula is C17H20N4O5. The van der Waals surface area contributed by atoms with Gasteiger partial charge in [-0.05, 0) is 24.6 Å². The van der Waals surface area contributed by atoms with Crippen molar-refractivity contribution in [3.05, 3.63) is 24.1 Å². The number of hydrogen-bond donors (Lipinski definition) is 1. The lowest BCUT2D eigenvalue weighted by molar-refractivity contribution is -0.128. The van der Waals surface area contributed by atoms with E-state index in [4.69, 9.17) is 14.0 Å². The van der Waals surface area contributed by atoms with Crippen molar-refractivity contribution >= 4 is 11.9 Å². The molecule has 3 rings (SSSR count). The number of amides is 3. The molecule has 0 unspecified atom stereocenters. The highest BCUT2D eigenvalue weighted by atomic mass is 16.5. The lowest BCUT2D eigenvalue weighted by atomic mass is 10.2. The molecule has 1 aliphatic heterocycles. The number of methoxy groups -OCH3 is 2. The molecule has 1 aromatic carbocycles. The molecule has 0 bridgehead atoms. The Bertz CT molecular complexity index is 819. The number of urea groups is 1. The third-order valence-corrected chi connectivity index (χ3v) is 4.09. The van der Waals surface area contributed by atoms with Gasteiger partial charge in [-0.25, -0.2) is 4.79 Å². The van der Waals surface area contributed by atoms with Crippen molar-refractivity contribution in [1.29, 1.82) is 0 Å². The molecular weight excluding hydrogens is 340 g/mol. The van der Waals surface area contributed by atoms with Gasteiger partial charge in [-0.1, -0.05) is 18.5 Å². The molecule has 3 amide bonds. The fraction of sp³-hybridized carbons (Fsp3) is 0.412. The standard InChI is InChI=1S/C17H20N4O5/c1-4-5-11-16(22)21(17(23)18-11)9-14-19-15(20-26-14)10-6-7-12(24-2)13(8-10)25-3/h6-8,11H,4-5,9H2,1-3H3,(H,18,23)/t11-/m1/s1. The second-order valence-corrected chi connectivity index (χ2v) is 5.80. The normalized spacial score (nSPS) is 16.7. The van der Waals surface area contributed by atoms with E-state index in [0.29, 0.717) is 29.3 Å². The SMILES string of the molecule is CCC[C@H]1NC(=O)N(Cc2nc(-c3ccc(OC)c(OC)c3)no2)C1=O. The third kappa shape index (κ3) is 3.32. The minimum Gasteiger partial charge on any atom is -0.493 e. The van der Waals surface area contributed by atoms with E-state index in [1.165, 1.54) is 7.11 Å². The number of carbonyl (C=O) groups excluding carboxylic acids is 2. The van der Waals surface area contributed by atoms with Crippen LogP contribution >= 0.6 is 0 Å². The van der Waals surface area contributed by atoms with Crippen LogP contribution in [0.3, 0.4) is 0 Å². The highest BCUT2D eigenvalue weighted by molar-refractivity contribution is 6.04. The zero-order valence-electron chi connectivity index (χ0n) is 14.8. The number of rotatable bonds is 7. The first-order chi connectivity index (χ1) is 12.6. The number of nitrogens with zero attached hydrogens (tertiary/aromatic N) is 3. The molecule has 2 heterocycles. The van der Waals surface area contributed by atoms with Crippen molar-refractivity contribution in [2.75, 3.05) is 14.2 Å². The molecule has 26 heavy (non-hydrogen) atoms. The Morgan fingerprint density at radius 1 is 1.23 bits per heavy atom. The van der Waals surface area contributed by atoms with E-state index in [2.05, 4.69) is 15.5 Å². The fourth-order valence-corrected chi connectivity index (χ4v) is 2.76. The van der Waals surface area contributed by atoms with Crippen LogP contribution in [-0.2, 0) is 11.3 Å². The number of hydrogen-bond acceptors (Lipinski definition) is 7. The predicted octanol–water partition coefficient (Wildman–Crippen LogP) is 1.97. The van der Waals surface area contributed by atoms with Crippen molar-refractivity contribution in [3.8, 4) is 22.9 Å². The molecule has 9 heteroatoms. The smallest absolute Gasteiger partial charge is 0.325 e. The van der Waals surface area contributed by atoms with Gasteiger partial charge in [0, 0.05) is 5.56 Å². The van der Waals surface area contributed by atoms with Crippen LogP contribution < -0.4 is 14.8 Å². The van der Waals surface area contributed by atoms with E-state index in [-0.39, 0.29) is 18.3 Å². The molecule has 1 aromatic heterocycles. The van der Waals surface area contributed by atoms with Gasteiger partial charge in [0.15, 0.2) is 11.5 Å². The summed E-state index contributed by atoms with van der Waals surface area (Å²) in [6.07, 6.45) is 1.40. The molecule has 0 saturated carbocycles. The van der Waals surface area contributed by atoms with Crippen molar-refractivity contribution in [2.24, 2.45) is 0 Å². The van der Waals surface area contributed by atoms with Gasteiger partial charge in [-0.2, -0.15) is 4.98 Å². The molecule has 2 aromatic rings. The summed E-state index contributed by atoms with van der Waals surface area (Å²) >= 11 is 0. The zero-order valence-corrected chi connectivity index (χ0v) is 14.8. The van der Waals surface area contributed by atoms with Crippen LogP contribution in [-0.4, -0.2) is 47.2 Å². The average molecular weight is 360 g/mol. The maximum atomic E-state index is 12.3. The summed E-state index contributed by atoms with van der Waals surface area (Å²) in [7, 11) is 3.08. The van der Waals surface area contributed by atoms with Crippen LogP contribution in [0.25, 0.3) is 11.4 Å². The quantitative estimate of drug-likeness (QED) is 0.752. The van der Waals surface area contributed by atoms with Gasteiger partial charge in [-0.3, -0.25) is 9.69 Å². The highest BCUT2D eigenvalue weighted by Crippen LogP contribution is 2.31. The highest BCUT2D eigenvalue weighted by Gasteiger charge is 2.38. The molecule has 9 nitrogen and oxygen atoms in total. The Labute approximate surface area is 150 Å². The first kappa shape index (κ1) is 17.7. The van der Waals surface area contributed by atoms with E-state index in [0.717, 1.165) is 11.3 Å². The van der Waals surface area contributed by atoms with Gasteiger partial charge in [0.25, 0.3) is 5.91 Å². The van der Waals surface area contributed by atoms with Crippen molar-refractivity contribution < 1.29 is 23.6 Å². The summed E-state index contributed by atoms with van der Waals surface area (Å²) in [6, 6.07) is 4.29. The van der Waals surface area contributed by atoms with Crippen molar-refractivity contribution in [3.63, 3.8) is 0 Å². The minimum atomic E-state index is -0.485. The number of aromatic nitrogens is 2. The van der Waals surface area contributed by atoms with E-state index in [9.17, 15) is 9.59 Å². The van der Waals surface area contributed by atoms with E-state index in [1.807, 2.05) is 6.92 Å². The van der Waals surface area contributed by atoms with E-state index in [1.54, 1.807) is 25.3 Å². The molecule has 138 valence electrons. The molecule has 0 aliphatic carbocycles. The number of nitrogens with one attached hydrogen (secondary N) is 1. The first-order valence-electron chi connectivity index (χ1n) is 8.24. The van der Waals surface area contributed by atoms with Crippen LogP contribution in [0.2, 0.25) is 0 Å². The molecule has 0 radical (unpaired) electrons.